The molecule has 0 saturated carbocycles. The van der Waals surface area contributed by atoms with E-state index in [0.717, 1.165) is 6.54 Å². The van der Waals surface area contributed by atoms with Gasteiger partial charge in [-0.1, -0.05) is 27.7 Å². The van der Waals surface area contributed by atoms with Gasteiger partial charge in [-0.25, -0.2) is 0 Å². The molecule has 0 aromatic rings. The van der Waals surface area contributed by atoms with Crippen LogP contribution in [0.4, 0.5) is 0 Å². The van der Waals surface area contributed by atoms with Crippen LogP contribution in [0.3, 0.4) is 0 Å². The molecule has 0 spiro atoms. The Hall–Kier alpha value is -0.0400. The van der Waals surface area contributed by atoms with E-state index in [4.69, 9.17) is 0 Å². The van der Waals surface area contributed by atoms with Crippen molar-refractivity contribution in [3.63, 3.8) is 0 Å². The van der Waals surface area contributed by atoms with Gasteiger partial charge in [0.05, 0.1) is 0 Å². The zero-order valence-corrected chi connectivity index (χ0v) is 7.99. The van der Waals surface area contributed by atoms with E-state index >= 15 is 0 Å². The Kier molecular flexibility index (Phi) is 3.95. The minimum absolute atomic E-state index is 0.398. The lowest BCUT2D eigenvalue weighted by atomic mass is 9.88. The molecule has 0 unspecified atom stereocenters. The van der Waals surface area contributed by atoms with E-state index in [0.29, 0.717) is 11.5 Å². The molecule has 0 aromatic carbocycles. The SMILES string of the molecule is CCCN[C@H](C)C(C)(C)C. The predicted molar refractivity (Wildman–Crippen MR) is 47.2 cm³/mol. The second-order valence-electron chi connectivity index (χ2n) is 4.04. The average molecular weight is 143 g/mol. The molecule has 10 heavy (non-hydrogen) atoms. The zero-order valence-electron chi connectivity index (χ0n) is 7.99. The van der Waals surface area contributed by atoms with E-state index in [1.165, 1.54) is 6.42 Å². The molecule has 0 saturated heterocycles. The molecule has 0 aliphatic carbocycles. The highest BCUT2D eigenvalue weighted by atomic mass is 14.9. The third kappa shape index (κ3) is 3.89. The molecule has 0 radical (unpaired) electrons. The van der Waals surface area contributed by atoms with Gasteiger partial charge in [-0.05, 0) is 25.3 Å². The molecule has 1 nitrogen and oxygen atoms in total. The lowest BCUT2D eigenvalue weighted by molar-refractivity contribution is 0.287. The first kappa shape index (κ1) is 9.96. The Labute approximate surface area is 65.2 Å². The maximum atomic E-state index is 3.47. The van der Waals surface area contributed by atoms with Crippen LogP contribution in [0, 0.1) is 5.41 Å². The summed E-state index contributed by atoms with van der Waals surface area (Å²) in [5.41, 5.74) is 0.398. The Balaban J connectivity index is 3.52. The summed E-state index contributed by atoms with van der Waals surface area (Å²) in [6.07, 6.45) is 1.22. The van der Waals surface area contributed by atoms with E-state index in [1.54, 1.807) is 0 Å². The maximum Gasteiger partial charge on any atom is 0.00872 e. The number of rotatable bonds is 3. The highest BCUT2D eigenvalue weighted by Gasteiger charge is 2.18. The van der Waals surface area contributed by atoms with Crippen molar-refractivity contribution in [1.29, 1.82) is 0 Å². The quantitative estimate of drug-likeness (QED) is 0.640. The summed E-state index contributed by atoms with van der Waals surface area (Å²) in [6, 6.07) is 0.618. The van der Waals surface area contributed by atoms with E-state index in [9.17, 15) is 0 Å². The van der Waals surface area contributed by atoms with Crippen molar-refractivity contribution in [3.8, 4) is 0 Å². The van der Waals surface area contributed by atoms with Gasteiger partial charge < -0.3 is 5.32 Å². The van der Waals surface area contributed by atoms with E-state index in [2.05, 4.69) is 39.9 Å². The van der Waals surface area contributed by atoms with Gasteiger partial charge in [0, 0.05) is 6.04 Å². The summed E-state index contributed by atoms with van der Waals surface area (Å²) in [4.78, 5) is 0. The van der Waals surface area contributed by atoms with Gasteiger partial charge in [-0.3, -0.25) is 0 Å². The molecular formula is C9H21N. The predicted octanol–water partition coefficient (Wildman–Crippen LogP) is 2.42. The van der Waals surface area contributed by atoms with Crippen LogP contribution < -0.4 is 5.32 Å². The van der Waals surface area contributed by atoms with Crippen LogP contribution in [0.25, 0.3) is 0 Å². The van der Waals surface area contributed by atoms with Gasteiger partial charge >= 0.3 is 0 Å². The highest BCUT2D eigenvalue weighted by Crippen LogP contribution is 2.17. The van der Waals surface area contributed by atoms with Crippen molar-refractivity contribution in [2.75, 3.05) is 6.54 Å². The van der Waals surface area contributed by atoms with E-state index in [1.807, 2.05) is 0 Å². The Morgan fingerprint density at radius 3 is 2.10 bits per heavy atom. The molecule has 62 valence electrons. The van der Waals surface area contributed by atoms with Gasteiger partial charge in [0.2, 0.25) is 0 Å². The Morgan fingerprint density at radius 1 is 1.30 bits per heavy atom. The third-order valence-electron chi connectivity index (χ3n) is 2.00. The lowest BCUT2D eigenvalue weighted by Crippen LogP contribution is -2.37. The second-order valence-corrected chi connectivity index (χ2v) is 4.04. The summed E-state index contributed by atoms with van der Waals surface area (Å²) >= 11 is 0. The van der Waals surface area contributed by atoms with Crippen molar-refractivity contribution >= 4 is 0 Å². The van der Waals surface area contributed by atoms with Crippen LogP contribution >= 0.6 is 0 Å². The first-order chi connectivity index (χ1) is 4.48. The summed E-state index contributed by atoms with van der Waals surface area (Å²) in [5.74, 6) is 0. The van der Waals surface area contributed by atoms with Crippen LogP contribution in [-0.2, 0) is 0 Å². The van der Waals surface area contributed by atoms with Crippen LogP contribution in [0.15, 0.2) is 0 Å². The van der Waals surface area contributed by atoms with Crippen LogP contribution in [0.5, 0.6) is 0 Å². The van der Waals surface area contributed by atoms with Gasteiger partial charge in [0.25, 0.3) is 0 Å². The smallest absolute Gasteiger partial charge is 0.00872 e. The minimum Gasteiger partial charge on any atom is -0.314 e. The van der Waals surface area contributed by atoms with Crippen molar-refractivity contribution in [2.24, 2.45) is 5.41 Å². The normalized spacial score (nSPS) is 15.3. The number of nitrogens with one attached hydrogen (secondary N) is 1. The van der Waals surface area contributed by atoms with Crippen molar-refractivity contribution in [2.45, 2.75) is 47.1 Å². The van der Waals surface area contributed by atoms with Gasteiger partial charge in [0.15, 0.2) is 0 Å². The number of hydrogen-bond donors (Lipinski definition) is 1. The average Bonchev–Trinajstić information content (AvgIpc) is 1.80. The molecule has 0 aromatic heterocycles. The van der Waals surface area contributed by atoms with Crippen LogP contribution in [0.1, 0.15) is 41.0 Å². The fourth-order valence-corrected chi connectivity index (χ4v) is 0.667. The molecule has 0 aliphatic rings. The maximum absolute atomic E-state index is 3.47. The highest BCUT2D eigenvalue weighted by molar-refractivity contribution is 4.75. The molecular weight excluding hydrogens is 122 g/mol. The molecule has 1 atom stereocenters. The third-order valence-corrected chi connectivity index (χ3v) is 2.00. The number of hydrogen-bond acceptors (Lipinski definition) is 1. The standard InChI is InChI=1S/C9H21N/c1-6-7-10-8(2)9(3,4)5/h8,10H,6-7H2,1-5H3/t8-/m1/s1. The lowest BCUT2D eigenvalue weighted by Gasteiger charge is -2.28. The molecule has 0 aliphatic heterocycles. The van der Waals surface area contributed by atoms with Crippen LogP contribution in [-0.4, -0.2) is 12.6 Å². The first-order valence-corrected chi connectivity index (χ1v) is 4.22. The second kappa shape index (κ2) is 3.97. The molecule has 1 heteroatoms. The zero-order chi connectivity index (χ0) is 8.20. The molecule has 0 rings (SSSR count). The summed E-state index contributed by atoms with van der Waals surface area (Å²) in [7, 11) is 0. The Bertz CT molecular complexity index is 81.2. The molecule has 0 amide bonds. The van der Waals surface area contributed by atoms with Crippen molar-refractivity contribution in [3.05, 3.63) is 0 Å². The van der Waals surface area contributed by atoms with Gasteiger partial charge in [-0.2, -0.15) is 0 Å². The van der Waals surface area contributed by atoms with Crippen LogP contribution in [0.2, 0.25) is 0 Å². The fraction of sp³-hybridized carbons (Fsp3) is 1.00. The monoisotopic (exact) mass is 143 g/mol. The largest absolute Gasteiger partial charge is 0.314 e. The van der Waals surface area contributed by atoms with E-state index < -0.39 is 0 Å². The van der Waals surface area contributed by atoms with E-state index in [-0.39, 0.29) is 0 Å². The van der Waals surface area contributed by atoms with Gasteiger partial charge in [0.1, 0.15) is 0 Å². The molecule has 0 bridgehead atoms. The Morgan fingerprint density at radius 2 is 1.80 bits per heavy atom. The summed E-state index contributed by atoms with van der Waals surface area (Å²) < 4.78 is 0. The van der Waals surface area contributed by atoms with Crippen molar-refractivity contribution in [1.82, 2.24) is 5.32 Å². The molecule has 0 heterocycles. The topological polar surface area (TPSA) is 12.0 Å². The molecule has 1 N–H and O–H groups in total. The summed E-state index contributed by atoms with van der Waals surface area (Å²) in [5, 5.41) is 3.47. The molecule has 0 fully saturated rings. The van der Waals surface area contributed by atoms with Crippen molar-refractivity contribution < 1.29 is 0 Å². The summed E-state index contributed by atoms with van der Waals surface area (Å²) in [6.45, 7) is 12.4. The first-order valence-electron chi connectivity index (χ1n) is 4.22. The fourth-order valence-electron chi connectivity index (χ4n) is 0.667. The van der Waals surface area contributed by atoms with Gasteiger partial charge in [-0.15, -0.1) is 0 Å². The minimum atomic E-state index is 0.398.